The quantitative estimate of drug-likeness (QED) is 0.230. The minimum Gasteiger partial charge on any atom is -0.490 e. The normalized spacial score (nSPS) is 11.6. The van der Waals surface area contributed by atoms with Crippen LogP contribution in [0.25, 0.3) is 0 Å². The third-order valence-electron chi connectivity index (χ3n) is 5.57. The number of hydrogen-bond donors (Lipinski definition) is 2. The standard InChI is InChI=1S/C29H28BrFN4O4/c1-4-38-25-14-19(13-24(30)27(25)39-17-22-8-6-5-7-21(22)15-32)16-33-35-29(37)26(18(2)3)34-28(36)20-9-11-23(31)12-10-20/h5-14,16,18,26H,4,17H2,1-3H3,(H,34,36)(H,35,37)/b33-16+. The summed E-state index contributed by atoms with van der Waals surface area (Å²) in [6.07, 6.45) is 1.44. The molecular weight excluding hydrogens is 567 g/mol. The number of amides is 2. The van der Waals surface area contributed by atoms with Crippen LogP contribution < -0.4 is 20.2 Å². The average Bonchev–Trinajstić information content (AvgIpc) is 2.91. The molecule has 0 saturated heterocycles. The lowest BCUT2D eigenvalue weighted by atomic mass is 10.0. The number of benzene rings is 3. The van der Waals surface area contributed by atoms with Crippen LogP contribution in [0.5, 0.6) is 11.5 Å². The zero-order chi connectivity index (χ0) is 28.4. The van der Waals surface area contributed by atoms with E-state index in [9.17, 15) is 19.2 Å². The fraction of sp³-hybridized carbons (Fsp3) is 0.241. The summed E-state index contributed by atoms with van der Waals surface area (Å²) in [4.78, 5) is 25.3. The molecule has 0 fully saturated rings. The van der Waals surface area contributed by atoms with Gasteiger partial charge in [0.1, 0.15) is 18.5 Å². The van der Waals surface area contributed by atoms with Crippen LogP contribution in [0.1, 0.15) is 47.8 Å². The van der Waals surface area contributed by atoms with Crippen molar-refractivity contribution in [2.75, 3.05) is 6.61 Å². The van der Waals surface area contributed by atoms with Gasteiger partial charge in [0.15, 0.2) is 11.5 Å². The summed E-state index contributed by atoms with van der Waals surface area (Å²) in [7, 11) is 0. The zero-order valence-corrected chi connectivity index (χ0v) is 23.3. The lowest BCUT2D eigenvalue weighted by molar-refractivity contribution is -0.123. The van der Waals surface area contributed by atoms with Crippen molar-refractivity contribution in [3.8, 4) is 17.6 Å². The topological polar surface area (TPSA) is 113 Å². The fourth-order valence-electron chi connectivity index (χ4n) is 3.57. The van der Waals surface area contributed by atoms with Crippen LogP contribution in [0.4, 0.5) is 4.39 Å². The van der Waals surface area contributed by atoms with Crippen molar-refractivity contribution in [3.63, 3.8) is 0 Å². The SMILES string of the molecule is CCOc1cc(/C=N/NC(=O)C(NC(=O)c2ccc(F)cc2)C(C)C)cc(Br)c1OCc1ccccc1C#N. The summed E-state index contributed by atoms with van der Waals surface area (Å²) >= 11 is 3.50. The fourth-order valence-corrected chi connectivity index (χ4v) is 4.15. The first-order valence-corrected chi connectivity index (χ1v) is 13.0. The van der Waals surface area contributed by atoms with Crippen LogP contribution in [-0.2, 0) is 11.4 Å². The van der Waals surface area contributed by atoms with E-state index in [1.165, 1.54) is 30.5 Å². The maximum absolute atomic E-state index is 13.2. The highest BCUT2D eigenvalue weighted by atomic mass is 79.9. The molecule has 2 amide bonds. The highest BCUT2D eigenvalue weighted by molar-refractivity contribution is 9.10. The number of nitriles is 1. The lowest BCUT2D eigenvalue weighted by Crippen LogP contribution is -2.48. The second-order valence-electron chi connectivity index (χ2n) is 8.76. The minimum atomic E-state index is -0.863. The molecule has 1 atom stereocenters. The smallest absolute Gasteiger partial charge is 0.262 e. The van der Waals surface area contributed by atoms with Crippen LogP contribution in [0.15, 0.2) is 70.2 Å². The molecule has 0 radical (unpaired) electrons. The van der Waals surface area contributed by atoms with Crippen LogP contribution >= 0.6 is 15.9 Å². The minimum absolute atomic E-state index is 0.173. The monoisotopic (exact) mass is 594 g/mol. The first-order valence-electron chi connectivity index (χ1n) is 12.2. The van der Waals surface area contributed by atoms with E-state index in [1.54, 1.807) is 38.1 Å². The number of ether oxygens (including phenoxy) is 2. The van der Waals surface area contributed by atoms with Gasteiger partial charge in [-0.15, -0.1) is 0 Å². The number of carbonyl (C=O) groups is 2. The van der Waals surface area contributed by atoms with Crippen LogP contribution in [0.3, 0.4) is 0 Å². The zero-order valence-electron chi connectivity index (χ0n) is 21.7. The van der Waals surface area contributed by atoms with Crippen molar-refractivity contribution < 1.29 is 23.5 Å². The van der Waals surface area contributed by atoms with E-state index >= 15 is 0 Å². The molecule has 0 saturated carbocycles. The van der Waals surface area contributed by atoms with Crippen LogP contribution in [0.2, 0.25) is 0 Å². The van der Waals surface area contributed by atoms with E-state index in [0.29, 0.717) is 33.7 Å². The molecule has 0 spiro atoms. The van der Waals surface area contributed by atoms with Gasteiger partial charge in [-0.1, -0.05) is 32.0 Å². The van der Waals surface area contributed by atoms with Crippen molar-refractivity contribution in [1.29, 1.82) is 5.26 Å². The van der Waals surface area contributed by atoms with Gasteiger partial charge >= 0.3 is 0 Å². The Kier molecular flexibility index (Phi) is 10.6. The summed E-state index contributed by atoms with van der Waals surface area (Å²) in [5.41, 5.74) is 4.59. The van der Waals surface area contributed by atoms with Gasteiger partial charge in [0.2, 0.25) is 0 Å². The molecule has 39 heavy (non-hydrogen) atoms. The summed E-state index contributed by atoms with van der Waals surface area (Å²) < 4.78 is 25.5. The largest absolute Gasteiger partial charge is 0.490 e. The molecule has 0 aliphatic heterocycles. The number of nitrogens with zero attached hydrogens (tertiary/aromatic N) is 2. The Morgan fingerprint density at radius 2 is 1.85 bits per heavy atom. The first-order chi connectivity index (χ1) is 18.7. The first kappa shape index (κ1) is 29.3. The predicted molar refractivity (Wildman–Crippen MR) is 149 cm³/mol. The Bertz CT molecular complexity index is 1390. The van der Waals surface area contributed by atoms with Gasteiger partial charge in [-0.25, -0.2) is 9.82 Å². The van der Waals surface area contributed by atoms with E-state index in [0.717, 1.165) is 5.56 Å². The summed E-state index contributed by atoms with van der Waals surface area (Å²) in [5, 5.41) is 16.0. The number of carbonyl (C=O) groups excluding carboxylic acids is 2. The second kappa shape index (κ2) is 14.1. The van der Waals surface area contributed by atoms with Gasteiger partial charge in [0.25, 0.3) is 11.8 Å². The Morgan fingerprint density at radius 3 is 2.51 bits per heavy atom. The van der Waals surface area contributed by atoms with E-state index in [-0.39, 0.29) is 18.1 Å². The number of hydrogen-bond acceptors (Lipinski definition) is 6. The van der Waals surface area contributed by atoms with Gasteiger partial charge < -0.3 is 14.8 Å². The molecule has 1 unspecified atom stereocenters. The molecule has 8 nitrogen and oxygen atoms in total. The molecule has 3 aromatic rings. The molecular formula is C29H28BrFN4O4. The predicted octanol–water partition coefficient (Wildman–Crippen LogP) is 5.34. The van der Waals surface area contributed by atoms with Gasteiger partial charge in [-0.05, 0) is 76.8 Å². The van der Waals surface area contributed by atoms with E-state index < -0.39 is 23.7 Å². The van der Waals surface area contributed by atoms with Crippen molar-refractivity contribution in [2.24, 2.45) is 11.0 Å². The average molecular weight is 595 g/mol. The molecule has 0 aromatic heterocycles. The molecule has 3 rings (SSSR count). The summed E-state index contributed by atoms with van der Waals surface area (Å²) in [6, 6.07) is 17.0. The Balaban J connectivity index is 1.70. The highest BCUT2D eigenvalue weighted by Gasteiger charge is 2.24. The van der Waals surface area contributed by atoms with E-state index in [2.05, 4.69) is 37.8 Å². The third kappa shape index (κ3) is 8.12. The molecule has 10 heteroatoms. The van der Waals surface area contributed by atoms with Gasteiger partial charge in [0.05, 0.1) is 28.9 Å². The maximum Gasteiger partial charge on any atom is 0.262 e. The van der Waals surface area contributed by atoms with Crippen molar-refractivity contribution in [1.82, 2.24) is 10.7 Å². The summed E-state index contributed by atoms with van der Waals surface area (Å²) in [6.45, 7) is 5.98. The number of hydrazone groups is 1. The lowest BCUT2D eigenvalue weighted by Gasteiger charge is -2.20. The molecule has 0 aliphatic rings. The maximum atomic E-state index is 13.2. The van der Waals surface area contributed by atoms with Crippen molar-refractivity contribution in [3.05, 3.63) is 93.2 Å². The van der Waals surface area contributed by atoms with Crippen molar-refractivity contribution >= 4 is 34.0 Å². The molecule has 0 heterocycles. The number of halogens is 2. The summed E-state index contributed by atoms with van der Waals surface area (Å²) in [5.74, 6) is -0.758. The van der Waals surface area contributed by atoms with E-state index in [4.69, 9.17) is 9.47 Å². The van der Waals surface area contributed by atoms with Gasteiger partial charge in [-0.3, -0.25) is 9.59 Å². The van der Waals surface area contributed by atoms with E-state index in [1.807, 2.05) is 19.1 Å². The molecule has 0 bridgehead atoms. The Hall–Kier alpha value is -4.23. The van der Waals surface area contributed by atoms with Gasteiger partial charge in [0, 0.05) is 11.1 Å². The van der Waals surface area contributed by atoms with Crippen LogP contribution in [-0.4, -0.2) is 30.7 Å². The molecule has 202 valence electrons. The number of rotatable bonds is 11. The molecule has 2 N–H and O–H groups in total. The third-order valence-corrected chi connectivity index (χ3v) is 6.16. The van der Waals surface area contributed by atoms with Gasteiger partial charge in [-0.2, -0.15) is 10.4 Å². The Morgan fingerprint density at radius 1 is 1.13 bits per heavy atom. The molecule has 3 aromatic carbocycles. The second-order valence-corrected chi connectivity index (χ2v) is 9.61. The molecule has 0 aliphatic carbocycles. The van der Waals surface area contributed by atoms with Crippen molar-refractivity contribution in [2.45, 2.75) is 33.4 Å². The highest BCUT2D eigenvalue weighted by Crippen LogP contribution is 2.37. The Labute approximate surface area is 235 Å². The van der Waals surface area contributed by atoms with Crippen LogP contribution in [0, 0.1) is 23.1 Å². The number of nitrogens with one attached hydrogen (secondary N) is 2.